The summed E-state index contributed by atoms with van der Waals surface area (Å²) < 4.78 is 32.0. The van der Waals surface area contributed by atoms with Crippen molar-refractivity contribution < 1.29 is 18.3 Å². The lowest BCUT2D eigenvalue weighted by Gasteiger charge is -2.11. The fourth-order valence-corrected chi connectivity index (χ4v) is 3.99. The average molecular weight is 433 g/mol. The number of nitrogens with one attached hydrogen (secondary N) is 2. The van der Waals surface area contributed by atoms with Crippen LogP contribution in [0.1, 0.15) is 27.7 Å². The number of halogens is 2. The van der Waals surface area contributed by atoms with Crippen LogP contribution < -0.4 is 10.6 Å². The van der Waals surface area contributed by atoms with Gasteiger partial charge in [-0.25, -0.2) is 13.6 Å². The Morgan fingerprint density at radius 2 is 1.86 bits per heavy atom. The Morgan fingerprint density at radius 3 is 2.55 bits per heavy atom. The number of carbonyl (C=O) groups excluding carboxylic acids is 1. The van der Waals surface area contributed by atoms with Crippen molar-refractivity contribution in [3.05, 3.63) is 82.2 Å². The van der Waals surface area contributed by atoms with Crippen molar-refractivity contribution in [1.29, 1.82) is 0 Å². The number of ether oxygens (including phenoxy) is 1. The number of hydrogen-bond acceptors (Lipinski definition) is 4. The molecular weight excluding hydrogens is 414 g/mol. The third-order valence-electron chi connectivity index (χ3n) is 3.91. The highest BCUT2D eigenvalue weighted by Crippen LogP contribution is 2.31. The molecule has 0 aliphatic heterocycles. The molecule has 0 fully saturated rings. The molecule has 0 amide bonds. The molecular formula is C21H18F2N2O2S2. The molecule has 0 aliphatic rings. The maximum atomic E-state index is 13.8. The van der Waals surface area contributed by atoms with E-state index in [9.17, 15) is 13.6 Å². The molecule has 0 unspecified atom stereocenters. The summed E-state index contributed by atoms with van der Waals surface area (Å²) in [5.74, 6) is -1.92. The van der Waals surface area contributed by atoms with Gasteiger partial charge in [-0.05, 0) is 42.9 Å². The van der Waals surface area contributed by atoms with Crippen molar-refractivity contribution in [1.82, 2.24) is 0 Å². The van der Waals surface area contributed by atoms with Crippen LogP contribution in [0.4, 0.5) is 19.5 Å². The monoisotopic (exact) mass is 432 g/mol. The van der Waals surface area contributed by atoms with Crippen LogP contribution in [0.15, 0.2) is 54.6 Å². The minimum atomic E-state index is -0.768. The molecule has 0 aliphatic carbocycles. The summed E-state index contributed by atoms with van der Waals surface area (Å²) >= 11 is 6.59. The summed E-state index contributed by atoms with van der Waals surface area (Å²) in [6.45, 7) is 1.97. The second-order valence-electron chi connectivity index (χ2n) is 6.04. The molecule has 2 aromatic carbocycles. The molecule has 1 aromatic heterocycles. The summed E-state index contributed by atoms with van der Waals surface area (Å²) in [4.78, 5) is 13.3. The van der Waals surface area contributed by atoms with Crippen molar-refractivity contribution in [2.24, 2.45) is 0 Å². The molecule has 1 heterocycles. The first-order valence-electron chi connectivity index (χ1n) is 8.83. The molecule has 3 aromatic rings. The Kier molecular flexibility index (Phi) is 6.90. The van der Waals surface area contributed by atoms with Gasteiger partial charge in [-0.2, -0.15) is 0 Å². The van der Waals surface area contributed by atoms with E-state index in [2.05, 4.69) is 10.6 Å². The number of anilines is 2. The highest BCUT2D eigenvalue weighted by atomic mass is 32.1. The predicted octanol–water partition coefficient (Wildman–Crippen LogP) is 5.60. The van der Waals surface area contributed by atoms with Gasteiger partial charge in [0.1, 0.15) is 16.6 Å². The Morgan fingerprint density at radius 1 is 1.10 bits per heavy atom. The summed E-state index contributed by atoms with van der Waals surface area (Å²) in [6, 6.07) is 14.7. The van der Waals surface area contributed by atoms with Gasteiger partial charge in [0.15, 0.2) is 5.11 Å². The molecule has 0 saturated heterocycles. The molecule has 0 spiro atoms. The van der Waals surface area contributed by atoms with Crippen LogP contribution in [0.5, 0.6) is 0 Å². The largest absolute Gasteiger partial charge is 0.462 e. The number of hydrogen-bond donors (Lipinski definition) is 2. The van der Waals surface area contributed by atoms with Crippen LogP contribution in [0, 0.1) is 11.6 Å². The number of thiophene rings is 1. The van der Waals surface area contributed by atoms with Gasteiger partial charge in [-0.15, -0.1) is 11.3 Å². The fraction of sp³-hybridized carbons (Fsp3) is 0.143. The summed E-state index contributed by atoms with van der Waals surface area (Å²) in [5, 5.41) is 6.17. The van der Waals surface area contributed by atoms with Gasteiger partial charge in [0, 0.05) is 17.4 Å². The smallest absolute Gasteiger partial charge is 0.341 e. The zero-order valence-electron chi connectivity index (χ0n) is 15.5. The lowest BCUT2D eigenvalue weighted by atomic mass is 10.1. The number of benzene rings is 2. The van der Waals surface area contributed by atoms with E-state index in [-0.39, 0.29) is 17.4 Å². The highest BCUT2D eigenvalue weighted by molar-refractivity contribution is 7.80. The Bertz CT molecular complexity index is 1020. The van der Waals surface area contributed by atoms with Gasteiger partial charge >= 0.3 is 5.97 Å². The van der Waals surface area contributed by atoms with Crippen LogP contribution in [-0.4, -0.2) is 17.7 Å². The lowest BCUT2D eigenvalue weighted by molar-refractivity contribution is 0.0528. The van der Waals surface area contributed by atoms with Gasteiger partial charge < -0.3 is 15.4 Å². The third kappa shape index (κ3) is 5.58. The van der Waals surface area contributed by atoms with E-state index in [1.54, 1.807) is 13.0 Å². The second kappa shape index (κ2) is 9.58. The summed E-state index contributed by atoms with van der Waals surface area (Å²) in [5.41, 5.74) is 1.49. The molecule has 4 nitrogen and oxygen atoms in total. The number of thiocarbonyl (C=S) groups is 1. The summed E-state index contributed by atoms with van der Waals surface area (Å²) in [7, 11) is 0. The van der Waals surface area contributed by atoms with Gasteiger partial charge in [-0.1, -0.05) is 30.3 Å². The SMILES string of the molecule is CCOC(=O)c1cc(Cc2ccccc2)sc1NC(=S)Nc1ccc(F)cc1F. The number of esters is 1. The first-order valence-corrected chi connectivity index (χ1v) is 10.1. The van der Waals surface area contributed by atoms with E-state index >= 15 is 0 Å². The fourth-order valence-electron chi connectivity index (χ4n) is 2.63. The van der Waals surface area contributed by atoms with E-state index in [0.29, 0.717) is 17.0 Å². The molecule has 0 radical (unpaired) electrons. The minimum Gasteiger partial charge on any atom is -0.462 e. The molecule has 0 atom stereocenters. The first-order chi connectivity index (χ1) is 14.0. The van der Waals surface area contributed by atoms with Crippen LogP contribution in [0.25, 0.3) is 0 Å². The van der Waals surface area contributed by atoms with Gasteiger partial charge in [0.2, 0.25) is 0 Å². The lowest BCUT2D eigenvalue weighted by Crippen LogP contribution is -2.20. The standard InChI is InChI=1S/C21H18F2N2O2S2/c1-2-27-20(26)16-12-15(10-13-6-4-3-5-7-13)29-19(16)25-21(28)24-18-9-8-14(22)11-17(18)23/h3-9,11-12H,2,10H2,1H3,(H2,24,25,28). The van der Waals surface area contributed by atoms with E-state index in [4.69, 9.17) is 17.0 Å². The van der Waals surface area contributed by atoms with Crippen molar-refractivity contribution >= 4 is 45.3 Å². The average Bonchev–Trinajstić information content (AvgIpc) is 3.07. The van der Waals surface area contributed by atoms with Crippen molar-refractivity contribution in [3.8, 4) is 0 Å². The van der Waals surface area contributed by atoms with Gasteiger partial charge in [-0.3, -0.25) is 0 Å². The topological polar surface area (TPSA) is 50.4 Å². The second-order valence-corrected chi connectivity index (χ2v) is 7.59. The van der Waals surface area contributed by atoms with E-state index < -0.39 is 17.6 Å². The van der Waals surface area contributed by atoms with Gasteiger partial charge in [0.25, 0.3) is 0 Å². The molecule has 0 saturated carbocycles. The minimum absolute atomic E-state index is 0.0302. The maximum Gasteiger partial charge on any atom is 0.341 e. The third-order valence-corrected chi connectivity index (χ3v) is 5.16. The first kappa shape index (κ1) is 20.9. The number of rotatable bonds is 6. The number of carbonyl (C=O) groups is 1. The Balaban J connectivity index is 1.80. The van der Waals surface area contributed by atoms with E-state index in [0.717, 1.165) is 22.6 Å². The Labute approximate surface area is 176 Å². The normalized spacial score (nSPS) is 10.4. The molecule has 8 heteroatoms. The molecule has 0 bridgehead atoms. The zero-order valence-corrected chi connectivity index (χ0v) is 17.1. The molecule has 3 rings (SSSR count). The van der Waals surface area contributed by atoms with E-state index in [1.165, 1.54) is 17.4 Å². The van der Waals surface area contributed by atoms with Crippen LogP contribution in [0.2, 0.25) is 0 Å². The molecule has 29 heavy (non-hydrogen) atoms. The van der Waals surface area contributed by atoms with Crippen molar-refractivity contribution in [2.75, 3.05) is 17.2 Å². The van der Waals surface area contributed by atoms with Crippen LogP contribution >= 0.6 is 23.6 Å². The van der Waals surface area contributed by atoms with Gasteiger partial charge in [0.05, 0.1) is 17.9 Å². The molecule has 2 N–H and O–H groups in total. The van der Waals surface area contributed by atoms with Crippen molar-refractivity contribution in [3.63, 3.8) is 0 Å². The maximum absolute atomic E-state index is 13.8. The van der Waals surface area contributed by atoms with E-state index in [1.807, 2.05) is 30.3 Å². The predicted molar refractivity (Wildman–Crippen MR) is 116 cm³/mol. The zero-order chi connectivity index (χ0) is 20.8. The van der Waals surface area contributed by atoms with Crippen molar-refractivity contribution in [2.45, 2.75) is 13.3 Å². The molecule has 150 valence electrons. The summed E-state index contributed by atoms with van der Waals surface area (Å²) in [6.07, 6.45) is 0.645. The highest BCUT2D eigenvalue weighted by Gasteiger charge is 2.19. The van der Waals surface area contributed by atoms with Crippen LogP contribution in [-0.2, 0) is 11.2 Å². The van der Waals surface area contributed by atoms with Crippen LogP contribution in [0.3, 0.4) is 0 Å². The quantitative estimate of drug-likeness (QED) is 0.392. The Hall–Kier alpha value is -2.84.